The summed E-state index contributed by atoms with van der Waals surface area (Å²) < 4.78 is 56.3. The molecule has 0 saturated heterocycles. The van der Waals surface area contributed by atoms with Gasteiger partial charge in [-0.1, -0.05) is 92.5 Å². The summed E-state index contributed by atoms with van der Waals surface area (Å²) in [4.78, 5) is 14.5. The van der Waals surface area contributed by atoms with Crippen molar-refractivity contribution in [3.63, 3.8) is 0 Å². The summed E-state index contributed by atoms with van der Waals surface area (Å²) in [6.07, 6.45) is 3.05. The van der Waals surface area contributed by atoms with Gasteiger partial charge in [0.05, 0.1) is 32.7 Å². The van der Waals surface area contributed by atoms with E-state index in [0.29, 0.717) is 32.8 Å². The summed E-state index contributed by atoms with van der Waals surface area (Å²) in [5.74, 6) is -1.29. The summed E-state index contributed by atoms with van der Waals surface area (Å²) in [5.41, 5.74) is 2.30. The zero-order valence-electron chi connectivity index (χ0n) is 23.1. The molecule has 0 N–H and O–H groups in total. The molecular formula is C33H26Br2N2O5S2. The number of hydrogen-bond acceptors (Lipinski definition) is 5. The van der Waals surface area contributed by atoms with Gasteiger partial charge in [-0.15, -0.1) is 0 Å². The van der Waals surface area contributed by atoms with E-state index < -0.39 is 31.9 Å². The van der Waals surface area contributed by atoms with Crippen molar-refractivity contribution in [2.45, 2.75) is 21.6 Å². The molecule has 6 rings (SSSR count). The molecular weight excluding hydrogens is 728 g/mol. The molecule has 6 aromatic rings. The predicted molar refractivity (Wildman–Crippen MR) is 180 cm³/mol. The largest absolute Gasteiger partial charge is 0.298 e. The van der Waals surface area contributed by atoms with Gasteiger partial charge in [-0.25, -0.2) is 24.8 Å². The van der Waals surface area contributed by atoms with Crippen LogP contribution in [0.3, 0.4) is 0 Å². The average molecular weight is 755 g/mol. The highest BCUT2D eigenvalue weighted by atomic mass is 79.9. The second kappa shape index (κ2) is 12.1. The third kappa shape index (κ3) is 5.36. The molecule has 2 aromatic heterocycles. The number of carbonyl (C=O) groups is 1. The van der Waals surface area contributed by atoms with Crippen molar-refractivity contribution in [2.24, 2.45) is 0 Å². The number of ketones is 1. The van der Waals surface area contributed by atoms with E-state index in [4.69, 9.17) is 0 Å². The third-order valence-electron chi connectivity index (χ3n) is 7.76. The van der Waals surface area contributed by atoms with E-state index in [-0.39, 0.29) is 15.6 Å². The molecule has 0 radical (unpaired) electrons. The van der Waals surface area contributed by atoms with Crippen molar-refractivity contribution in [2.75, 3.05) is 10.7 Å². The molecule has 0 spiro atoms. The van der Waals surface area contributed by atoms with E-state index in [1.165, 1.54) is 20.3 Å². The van der Waals surface area contributed by atoms with Gasteiger partial charge in [-0.3, -0.25) is 4.79 Å². The standard InChI is InChI=1S/C33H26Br2N2O5S2/c34-21-29(25-13-11-23-15-17-36(31(23)19-25)43(39,40)27-7-3-1-4-8-27)33(38)30(22-35)26-14-12-24-16-18-37(32(24)20-26)44(41,42)28-9-5-2-6-10-28/h1-20,29-30H,21-22H2. The number of rotatable bonds is 10. The van der Waals surface area contributed by atoms with Crippen LogP contribution in [0.5, 0.6) is 0 Å². The second-order valence-electron chi connectivity index (χ2n) is 10.3. The molecule has 0 aliphatic rings. The Kier molecular flexibility index (Phi) is 8.40. The number of hydrogen-bond donors (Lipinski definition) is 0. The summed E-state index contributed by atoms with van der Waals surface area (Å²) >= 11 is 7.05. The number of nitrogens with zero attached hydrogens (tertiary/aromatic N) is 2. The normalized spacial score (nSPS) is 13.7. The van der Waals surface area contributed by atoms with E-state index in [1.54, 1.807) is 84.9 Å². The average Bonchev–Trinajstić information content (AvgIpc) is 3.68. The summed E-state index contributed by atoms with van der Waals surface area (Å²) in [5, 5.41) is 2.09. The Labute approximate surface area is 272 Å². The summed E-state index contributed by atoms with van der Waals surface area (Å²) in [7, 11) is -7.69. The minimum Gasteiger partial charge on any atom is -0.298 e. The Balaban J connectivity index is 1.37. The van der Waals surface area contributed by atoms with Crippen LogP contribution in [-0.4, -0.2) is 41.2 Å². The van der Waals surface area contributed by atoms with Crippen LogP contribution >= 0.6 is 31.9 Å². The van der Waals surface area contributed by atoms with E-state index in [9.17, 15) is 21.6 Å². The first kappa shape index (κ1) is 30.5. The number of carbonyl (C=O) groups excluding carboxylic acids is 1. The molecule has 2 unspecified atom stereocenters. The number of alkyl halides is 2. The molecule has 4 aromatic carbocycles. The molecule has 2 atom stereocenters. The van der Waals surface area contributed by atoms with Crippen LogP contribution in [0.2, 0.25) is 0 Å². The van der Waals surface area contributed by atoms with Gasteiger partial charge in [0.1, 0.15) is 5.78 Å². The van der Waals surface area contributed by atoms with Crippen molar-refractivity contribution in [1.29, 1.82) is 0 Å². The van der Waals surface area contributed by atoms with Gasteiger partial charge >= 0.3 is 0 Å². The number of aromatic nitrogens is 2. The van der Waals surface area contributed by atoms with E-state index in [0.717, 1.165) is 10.8 Å². The molecule has 0 aliphatic carbocycles. The van der Waals surface area contributed by atoms with Crippen molar-refractivity contribution in [1.82, 2.24) is 7.94 Å². The number of Topliss-reactive ketones (excluding diaryl/α,β-unsaturated/α-hetero) is 1. The van der Waals surface area contributed by atoms with Crippen molar-refractivity contribution in [3.8, 4) is 0 Å². The first-order valence-electron chi connectivity index (χ1n) is 13.7. The second-order valence-corrected chi connectivity index (χ2v) is 15.2. The zero-order valence-corrected chi connectivity index (χ0v) is 27.9. The maximum absolute atomic E-state index is 14.2. The third-order valence-corrected chi connectivity index (χ3v) is 12.5. The van der Waals surface area contributed by atoms with Crippen LogP contribution in [0.15, 0.2) is 131 Å². The zero-order chi connectivity index (χ0) is 31.1. The van der Waals surface area contributed by atoms with Gasteiger partial charge in [-0.2, -0.15) is 0 Å². The Hall–Kier alpha value is -3.51. The predicted octanol–water partition coefficient (Wildman–Crippen LogP) is 7.30. The molecule has 224 valence electrons. The Bertz CT molecular complexity index is 2050. The molecule has 2 heterocycles. The summed E-state index contributed by atoms with van der Waals surface area (Å²) in [6.45, 7) is 0. The highest BCUT2D eigenvalue weighted by molar-refractivity contribution is 9.09. The van der Waals surface area contributed by atoms with Crippen LogP contribution in [0, 0.1) is 0 Å². The minimum absolute atomic E-state index is 0.0921. The van der Waals surface area contributed by atoms with E-state index in [2.05, 4.69) is 31.9 Å². The first-order valence-corrected chi connectivity index (χ1v) is 18.8. The van der Waals surface area contributed by atoms with Crippen molar-refractivity contribution < 1.29 is 21.6 Å². The lowest BCUT2D eigenvalue weighted by Gasteiger charge is -2.21. The van der Waals surface area contributed by atoms with Crippen LogP contribution in [-0.2, 0) is 24.8 Å². The van der Waals surface area contributed by atoms with Crippen molar-refractivity contribution >= 4 is 79.5 Å². The molecule has 0 amide bonds. The van der Waals surface area contributed by atoms with Gasteiger partial charge in [0, 0.05) is 33.8 Å². The quantitative estimate of drug-likeness (QED) is 0.137. The first-order chi connectivity index (χ1) is 21.2. The SMILES string of the molecule is O=C(C(CBr)c1ccc2ccn(S(=O)(=O)c3ccccc3)c2c1)C(CBr)c1ccc2ccn(S(=O)(=O)c3ccccc3)c2c1. The molecule has 0 saturated carbocycles. The summed E-state index contributed by atoms with van der Waals surface area (Å²) in [6, 6.07) is 30.7. The van der Waals surface area contributed by atoms with E-state index >= 15 is 0 Å². The lowest BCUT2D eigenvalue weighted by atomic mass is 9.85. The molecule has 44 heavy (non-hydrogen) atoms. The van der Waals surface area contributed by atoms with Gasteiger partial charge in [-0.05, 0) is 59.7 Å². The molecule has 11 heteroatoms. The maximum Gasteiger partial charge on any atom is 0.268 e. The lowest BCUT2D eigenvalue weighted by Crippen LogP contribution is -2.23. The highest BCUT2D eigenvalue weighted by Gasteiger charge is 2.30. The van der Waals surface area contributed by atoms with Crippen LogP contribution in [0.25, 0.3) is 21.8 Å². The van der Waals surface area contributed by atoms with Crippen LogP contribution < -0.4 is 0 Å². The molecule has 0 bridgehead atoms. The maximum atomic E-state index is 14.2. The van der Waals surface area contributed by atoms with Gasteiger partial charge < -0.3 is 0 Å². The Morgan fingerprint density at radius 3 is 1.32 bits per heavy atom. The van der Waals surface area contributed by atoms with Gasteiger partial charge in [0.2, 0.25) is 0 Å². The smallest absolute Gasteiger partial charge is 0.268 e. The Morgan fingerprint density at radius 1 is 0.568 bits per heavy atom. The fraction of sp³-hybridized carbons (Fsp3) is 0.121. The molecule has 0 aliphatic heterocycles. The minimum atomic E-state index is -3.85. The highest BCUT2D eigenvalue weighted by Crippen LogP contribution is 2.34. The molecule has 7 nitrogen and oxygen atoms in total. The van der Waals surface area contributed by atoms with Crippen LogP contribution in [0.4, 0.5) is 0 Å². The van der Waals surface area contributed by atoms with Gasteiger partial charge in [0.25, 0.3) is 20.0 Å². The van der Waals surface area contributed by atoms with Crippen LogP contribution in [0.1, 0.15) is 23.0 Å². The molecule has 0 fully saturated rings. The van der Waals surface area contributed by atoms with E-state index in [1.807, 2.05) is 24.3 Å². The van der Waals surface area contributed by atoms with Gasteiger partial charge in [0.15, 0.2) is 0 Å². The lowest BCUT2D eigenvalue weighted by molar-refractivity contribution is -0.121. The monoisotopic (exact) mass is 752 g/mol. The topological polar surface area (TPSA) is 95.2 Å². The number of halogens is 2. The fourth-order valence-corrected chi connectivity index (χ4v) is 9.53. The van der Waals surface area contributed by atoms with Crippen molar-refractivity contribution in [3.05, 3.63) is 133 Å². The Morgan fingerprint density at radius 2 is 0.955 bits per heavy atom. The number of fused-ring (bicyclic) bond motifs is 2. The fourth-order valence-electron chi connectivity index (χ4n) is 5.41. The number of benzene rings is 4.